The van der Waals surface area contributed by atoms with E-state index in [1.54, 1.807) is 6.33 Å². The third-order valence-corrected chi connectivity index (χ3v) is 5.31. The Morgan fingerprint density at radius 3 is 2.85 bits per heavy atom. The van der Waals surface area contributed by atoms with Gasteiger partial charge in [0, 0.05) is 32.4 Å². The van der Waals surface area contributed by atoms with Crippen molar-refractivity contribution < 1.29 is 4.74 Å². The molecule has 3 aromatic rings. The van der Waals surface area contributed by atoms with E-state index in [1.165, 1.54) is 6.42 Å². The third-order valence-electron chi connectivity index (χ3n) is 5.31. The van der Waals surface area contributed by atoms with Crippen molar-refractivity contribution in [2.45, 2.75) is 46.3 Å². The molecule has 1 saturated heterocycles. The molecule has 0 spiro atoms. The molecule has 0 saturated carbocycles. The monoisotopic (exact) mass is 369 g/mol. The van der Waals surface area contributed by atoms with Crippen LogP contribution in [0.4, 0.5) is 0 Å². The van der Waals surface area contributed by atoms with Gasteiger partial charge in [-0.1, -0.05) is 6.92 Å². The molecular weight excluding hydrogens is 342 g/mol. The second-order valence-corrected chi connectivity index (χ2v) is 7.13. The average Bonchev–Trinajstić information content (AvgIpc) is 3.34. The molecule has 144 valence electrons. The van der Waals surface area contributed by atoms with Gasteiger partial charge in [0.1, 0.15) is 18.3 Å². The number of aryl methyl sites for hydroxylation is 2. The van der Waals surface area contributed by atoms with Crippen LogP contribution in [0.15, 0.2) is 12.5 Å². The van der Waals surface area contributed by atoms with Crippen LogP contribution in [0, 0.1) is 6.92 Å². The lowest BCUT2D eigenvalue weighted by molar-refractivity contribution is 0.195. The zero-order valence-corrected chi connectivity index (χ0v) is 16.5. The summed E-state index contributed by atoms with van der Waals surface area (Å²) in [6.45, 7) is 10.3. The summed E-state index contributed by atoms with van der Waals surface area (Å²) in [4.78, 5) is 16.1. The summed E-state index contributed by atoms with van der Waals surface area (Å²) >= 11 is 0. The SMILES string of the molecule is CCCN1CC[C@H](Oc2ncnc3c2nc(-c2cnn(CC)c2C)n3C)C1. The van der Waals surface area contributed by atoms with Crippen molar-refractivity contribution in [3.63, 3.8) is 0 Å². The summed E-state index contributed by atoms with van der Waals surface area (Å²) in [5.74, 6) is 1.41. The normalized spacial score (nSPS) is 17.9. The zero-order valence-electron chi connectivity index (χ0n) is 16.5. The molecule has 0 amide bonds. The van der Waals surface area contributed by atoms with E-state index in [-0.39, 0.29) is 6.10 Å². The maximum Gasteiger partial charge on any atom is 0.245 e. The van der Waals surface area contributed by atoms with Crippen LogP contribution in [-0.4, -0.2) is 59.9 Å². The Labute approximate surface area is 159 Å². The van der Waals surface area contributed by atoms with Gasteiger partial charge in [-0.05, 0) is 33.2 Å². The van der Waals surface area contributed by atoms with Gasteiger partial charge in [0.2, 0.25) is 5.88 Å². The predicted octanol–water partition coefficient (Wildman–Crippen LogP) is 2.42. The number of fused-ring (bicyclic) bond motifs is 1. The highest BCUT2D eigenvalue weighted by Gasteiger charge is 2.26. The first kappa shape index (κ1) is 17.9. The van der Waals surface area contributed by atoms with Gasteiger partial charge in [-0.2, -0.15) is 10.1 Å². The summed E-state index contributed by atoms with van der Waals surface area (Å²) in [5, 5.41) is 4.44. The smallest absolute Gasteiger partial charge is 0.245 e. The van der Waals surface area contributed by atoms with Crippen molar-refractivity contribution >= 4 is 11.2 Å². The van der Waals surface area contributed by atoms with Gasteiger partial charge >= 0.3 is 0 Å². The quantitative estimate of drug-likeness (QED) is 0.664. The van der Waals surface area contributed by atoms with E-state index in [9.17, 15) is 0 Å². The number of hydrogen-bond donors (Lipinski definition) is 0. The zero-order chi connectivity index (χ0) is 19.0. The third kappa shape index (κ3) is 3.18. The molecule has 0 bridgehead atoms. The number of aromatic nitrogens is 6. The second-order valence-electron chi connectivity index (χ2n) is 7.13. The molecule has 3 aromatic heterocycles. The number of hydrogen-bond acceptors (Lipinski definition) is 6. The van der Waals surface area contributed by atoms with Gasteiger partial charge in [-0.15, -0.1) is 0 Å². The molecule has 0 N–H and O–H groups in total. The molecule has 4 rings (SSSR count). The summed E-state index contributed by atoms with van der Waals surface area (Å²) in [6, 6.07) is 0. The molecule has 4 heterocycles. The highest BCUT2D eigenvalue weighted by molar-refractivity contribution is 5.81. The Balaban J connectivity index is 1.67. The summed E-state index contributed by atoms with van der Waals surface area (Å²) in [7, 11) is 1.97. The molecule has 1 atom stereocenters. The van der Waals surface area contributed by atoms with Gasteiger partial charge in [0.05, 0.1) is 11.8 Å². The van der Waals surface area contributed by atoms with Gasteiger partial charge in [-0.3, -0.25) is 9.58 Å². The fourth-order valence-corrected chi connectivity index (χ4v) is 3.86. The number of ether oxygens (including phenoxy) is 1. The minimum Gasteiger partial charge on any atom is -0.471 e. The van der Waals surface area contributed by atoms with Crippen LogP contribution in [0.3, 0.4) is 0 Å². The van der Waals surface area contributed by atoms with Crippen molar-refractivity contribution in [3.8, 4) is 17.3 Å². The Bertz CT molecular complexity index is 945. The van der Waals surface area contributed by atoms with Gasteiger partial charge in [-0.25, -0.2) is 9.97 Å². The minimum atomic E-state index is 0.157. The Morgan fingerprint density at radius 2 is 2.11 bits per heavy atom. The number of likely N-dealkylation sites (tertiary alicyclic amines) is 1. The van der Waals surface area contributed by atoms with E-state index >= 15 is 0 Å². The summed E-state index contributed by atoms with van der Waals surface area (Å²) < 4.78 is 10.2. The molecule has 0 unspecified atom stereocenters. The van der Waals surface area contributed by atoms with Crippen molar-refractivity contribution in [1.82, 2.24) is 34.2 Å². The van der Waals surface area contributed by atoms with Crippen LogP contribution in [0.1, 0.15) is 32.4 Å². The first-order chi connectivity index (χ1) is 13.1. The summed E-state index contributed by atoms with van der Waals surface area (Å²) in [6.07, 6.45) is 5.77. The van der Waals surface area contributed by atoms with E-state index < -0.39 is 0 Å². The molecule has 0 aliphatic carbocycles. The van der Waals surface area contributed by atoms with E-state index in [1.807, 2.05) is 22.5 Å². The van der Waals surface area contributed by atoms with Gasteiger partial charge in [0.25, 0.3) is 0 Å². The lowest BCUT2D eigenvalue weighted by Gasteiger charge is -2.15. The van der Waals surface area contributed by atoms with Crippen LogP contribution in [0.2, 0.25) is 0 Å². The van der Waals surface area contributed by atoms with Crippen LogP contribution in [-0.2, 0) is 13.6 Å². The van der Waals surface area contributed by atoms with Crippen molar-refractivity contribution in [1.29, 1.82) is 0 Å². The first-order valence-electron chi connectivity index (χ1n) is 9.71. The van der Waals surface area contributed by atoms with Gasteiger partial charge in [0.15, 0.2) is 11.2 Å². The Kier molecular flexibility index (Phi) is 4.82. The van der Waals surface area contributed by atoms with E-state index in [0.29, 0.717) is 11.4 Å². The predicted molar refractivity (Wildman–Crippen MR) is 104 cm³/mol. The largest absolute Gasteiger partial charge is 0.471 e. The Morgan fingerprint density at radius 1 is 1.26 bits per heavy atom. The van der Waals surface area contributed by atoms with E-state index in [2.05, 4.69) is 40.7 Å². The van der Waals surface area contributed by atoms with Crippen molar-refractivity contribution in [3.05, 3.63) is 18.2 Å². The fraction of sp³-hybridized carbons (Fsp3) is 0.579. The standard InChI is InChI=1S/C19H27N7O/c1-5-8-25-9-7-14(11-25)27-19-16-18(20-12-21-19)24(4)17(23-16)15-10-22-26(6-2)13(15)3/h10,12,14H,5-9,11H2,1-4H3/t14-/m0/s1. The molecule has 27 heavy (non-hydrogen) atoms. The second kappa shape index (κ2) is 7.26. The lowest BCUT2D eigenvalue weighted by atomic mass is 10.2. The molecule has 8 heteroatoms. The van der Waals surface area contributed by atoms with Crippen molar-refractivity contribution in [2.75, 3.05) is 19.6 Å². The highest BCUT2D eigenvalue weighted by atomic mass is 16.5. The maximum atomic E-state index is 6.24. The highest BCUT2D eigenvalue weighted by Crippen LogP contribution is 2.29. The number of rotatable bonds is 6. The molecule has 8 nitrogen and oxygen atoms in total. The topological polar surface area (TPSA) is 73.9 Å². The van der Waals surface area contributed by atoms with Crippen LogP contribution < -0.4 is 4.74 Å². The van der Waals surface area contributed by atoms with E-state index in [4.69, 9.17) is 9.72 Å². The van der Waals surface area contributed by atoms with Crippen LogP contribution in [0.25, 0.3) is 22.6 Å². The molecule has 1 aliphatic rings. The molecule has 1 fully saturated rings. The fourth-order valence-electron chi connectivity index (χ4n) is 3.86. The molecular formula is C19H27N7O. The number of nitrogens with zero attached hydrogens (tertiary/aromatic N) is 7. The van der Waals surface area contributed by atoms with Crippen LogP contribution in [0.5, 0.6) is 5.88 Å². The molecule has 0 radical (unpaired) electrons. The summed E-state index contributed by atoms with van der Waals surface area (Å²) in [5.41, 5.74) is 3.60. The molecule has 1 aliphatic heterocycles. The van der Waals surface area contributed by atoms with Crippen LogP contribution >= 0.6 is 0 Å². The lowest BCUT2D eigenvalue weighted by Crippen LogP contribution is -2.25. The van der Waals surface area contributed by atoms with E-state index in [0.717, 1.165) is 55.3 Å². The Hall–Kier alpha value is -2.48. The van der Waals surface area contributed by atoms with Crippen molar-refractivity contribution in [2.24, 2.45) is 7.05 Å². The van der Waals surface area contributed by atoms with Gasteiger partial charge < -0.3 is 9.30 Å². The first-order valence-corrected chi connectivity index (χ1v) is 9.71. The minimum absolute atomic E-state index is 0.157. The number of imidazole rings is 1. The maximum absolute atomic E-state index is 6.24. The average molecular weight is 369 g/mol. The molecule has 0 aromatic carbocycles.